The van der Waals surface area contributed by atoms with E-state index in [2.05, 4.69) is 78.3 Å². The molecule has 1 amide bonds. The summed E-state index contributed by atoms with van der Waals surface area (Å²) in [4.78, 5) is 25.4. The molecule has 3 saturated heterocycles. The molecule has 1 N–H and O–H groups in total. The molecule has 8 nitrogen and oxygen atoms in total. The second kappa shape index (κ2) is 12.0. The summed E-state index contributed by atoms with van der Waals surface area (Å²) >= 11 is 0. The van der Waals surface area contributed by atoms with Crippen LogP contribution in [0, 0.1) is 0 Å². The first-order valence-corrected chi connectivity index (χ1v) is 14.4. The molecule has 3 fully saturated rings. The van der Waals surface area contributed by atoms with Crippen molar-refractivity contribution in [3.05, 3.63) is 59.7 Å². The Morgan fingerprint density at radius 2 is 1.53 bits per heavy atom. The molecule has 0 aliphatic carbocycles. The summed E-state index contributed by atoms with van der Waals surface area (Å²) in [6.45, 7) is 13.6. The van der Waals surface area contributed by atoms with Crippen LogP contribution in [0.3, 0.4) is 0 Å². The smallest absolute Gasteiger partial charge is 0.242 e. The van der Waals surface area contributed by atoms with Gasteiger partial charge in [0.1, 0.15) is 0 Å². The van der Waals surface area contributed by atoms with E-state index in [9.17, 15) is 4.79 Å². The number of nitrogens with zero attached hydrogens (tertiary/aromatic N) is 5. The lowest BCUT2D eigenvalue weighted by atomic mass is 9.99. The third-order valence-corrected chi connectivity index (χ3v) is 8.67. The molecule has 0 radical (unpaired) electrons. The van der Waals surface area contributed by atoms with E-state index >= 15 is 0 Å². The number of rotatable bonds is 7. The number of hydrogen-bond donors (Lipinski definition) is 1. The number of ether oxygens (including phenoxy) is 1. The summed E-state index contributed by atoms with van der Waals surface area (Å²) in [6.07, 6.45) is 1.12. The van der Waals surface area contributed by atoms with E-state index in [1.54, 1.807) is 0 Å². The van der Waals surface area contributed by atoms with Crippen molar-refractivity contribution in [3.63, 3.8) is 0 Å². The molecule has 4 heterocycles. The third-order valence-electron chi connectivity index (χ3n) is 8.67. The lowest BCUT2D eigenvalue weighted by molar-refractivity contribution is -0.132. The minimum atomic E-state index is 0.247. The lowest BCUT2D eigenvalue weighted by Gasteiger charge is -2.43. The van der Waals surface area contributed by atoms with E-state index in [4.69, 9.17) is 4.74 Å². The van der Waals surface area contributed by atoms with Gasteiger partial charge in [-0.1, -0.05) is 30.3 Å². The van der Waals surface area contributed by atoms with Gasteiger partial charge >= 0.3 is 0 Å². The highest BCUT2D eigenvalue weighted by Crippen LogP contribution is 2.25. The average Bonchev–Trinajstić information content (AvgIpc) is 2.98. The van der Waals surface area contributed by atoms with Crippen LogP contribution >= 0.6 is 0 Å². The summed E-state index contributed by atoms with van der Waals surface area (Å²) in [5.41, 5.74) is 5.32. The van der Waals surface area contributed by atoms with Gasteiger partial charge in [0.2, 0.25) is 5.91 Å². The first-order valence-electron chi connectivity index (χ1n) is 14.4. The molecule has 0 saturated carbocycles. The predicted octanol–water partition coefficient (Wildman–Crippen LogP) is 1.50. The van der Waals surface area contributed by atoms with Crippen molar-refractivity contribution in [1.82, 2.24) is 20.0 Å². The lowest BCUT2D eigenvalue weighted by Crippen LogP contribution is -2.59. The maximum absolute atomic E-state index is 13.5. The van der Waals surface area contributed by atoms with Crippen LogP contribution in [0.15, 0.2) is 48.5 Å². The van der Waals surface area contributed by atoms with Crippen LogP contribution in [-0.4, -0.2) is 118 Å². The molecular weight excluding hydrogens is 476 g/mol. The number of fused-ring (bicyclic) bond motifs is 1. The number of amides is 1. The molecule has 2 aromatic rings. The Labute approximate surface area is 227 Å². The first-order chi connectivity index (χ1) is 18.7. The van der Waals surface area contributed by atoms with Crippen LogP contribution in [0.2, 0.25) is 0 Å². The van der Waals surface area contributed by atoms with Gasteiger partial charge in [-0.3, -0.25) is 14.6 Å². The summed E-state index contributed by atoms with van der Waals surface area (Å²) < 4.78 is 5.52. The minimum absolute atomic E-state index is 0.247. The third kappa shape index (κ3) is 5.99. The Hall–Kier alpha value is -2.65. The Kier molecular flexibility index (Phi) is 8.11. The van der Waals surface area contributed by atoms with Crippen LogP contribution in [0.4, 0.5) is 11.4 Å². The van der Waals surface area contributed by atoms with E-state index in [-0.39, 0.29) is 5.91 Å². The normalized spacial score (nSPS) is 22.4. The Balaban J connectivity index is 1.10. The number of benzene rings is 2. The number of anilines is 2. The van der Waals surface area contributed by atoms with E-state index in [0.29, 0.717) is 12.6 Å². The zero-order chi connectivity index (χ0) is 25.7. The topological polar surface area (TPSA) is 54.5 Å². The Bertz CT molecular complexity index is 1080. The van der Waals surface area contributed by atoms with Gasteiger partial charge in [0.05, 0.1) is 19.8 Å². The van der Waals surface area contributed by atoms with Gasteiger partial charge in [-0.25, -0.2) is 0 Å². The largest absolute Gasteiger partial charge is 0.378 e. The van der Waals surface area contributed by atoms with Crippen molar-refractivity contribution in [2.45, 2.75) is 19.0 Å². The standard InChI is InChI=1S/C30H42N6O2/c37-30-24-35(28-7-3-6-27(20-28)34-16-18-38-19-17-34)14-15-36(30)23-29(33-12-9-31-10-13-33)22-32-11-8-25-4-1-2-5-26(25)21-32/h1-7,20,29,31H,8-19,21-24H2. The van der Waals surface area contributed by atoms with Crippen molar-refractivity contribution in [1.29, 1.82) is 0 Å². The van der Waals surface area contributed by atoms with Crippen LogP contribution in [0.1, 0.15) is 11.1 Å². The zero-order valence-electron chi connectivity index (χ0n) is 22.6. The van der Waals surface area contributed by atoms with Crippen molar-refractivity contribution in [3.8, 4) is 0 Å². The summed E-state index contributed by atoms with van der Waals surface area (Å²) in [5.74, 6) is 0.247. The summed E-state index contributed by atoms with van der Waals surface area (Å²) in [5, 5.41) is 3.50. The fourth-order valence-corrected chi connectivity index (χ4v) is 6.43. The SMILES string of the molecule is O=C1CN(c2cccc(N3CCOCC3)c2)CCN1CC(CN1CCc2ccccc2C1)N1CCNCC1. The maximum Gasteiger partial charge on any atom is 0.242 e. The molecule has 0 aromatic heterocycles. The molecular formula is C30H42N6O2. The Morgan fingerprint density at radius 1 is 0.763 bits per heavy atom. The summed E-state index contributed by atoms with van der Waals surface area (Å²) in [6, 6.07) is 17.9. The van der Waals surface area contributed by atoms with Crippen molar-refractivity contribution < 1.29 is 9.53 Å². The fraction of sp³-hybridized carbons (Fsp3) is 0.567. The average molecular weight is 519 g/mol. The van der Waals surface area contributed by atoms with Crippen molar-refractivity contribution in [2.24, 2.45) is 0 Å². The molecule has 4 aliphatic rings. The van der Waals surface area contributed by atoms with Gasteiger partial charge in [0.15, 0.2) is 0 Å². The van der Waals surface area contributed by atoms with E-state index in [1.807, 2.05) is 0 Å². The molecule has 38 heavy (non-hydrogen) atoms. The van der Waals surface area contributed by atoms with Gasteiger partial charge in [0, 0.05) is 96.0 Å². The van der Waals surface area contributed by atoms with E-state index < -0.39 is 0 Å². The van der Waals surface area contributed by atoms with Gasteiger partial charge in [-0.2, -0.15) is 0 Å². The second-order valence-corrected chi connectivity index (χ2v) is 11.1. The van der Waals surface area contributed by atoms with Crippen LogP contribution < -0.4 is 15.1 Å². The highest BCUT2D eigenvalue weighted by atomic mass is 16.5. The highest BCUT2D eigenvalue weighted by molar-refractivity contribution is 5.83. The molecule has 204 valence electrons. The number of carbonyl (C=O) groups excluding carboxylic acids is 1. The highest BCUT2D eigenvalue weighted by Gasteiger charge is 2.31. The quantitative estimate of drug-likeness (QED) is 0.596. The number of carbonyl (C=O) groups is 1. The number of nitrogens with one attached hydrogen (secondary N) is 1. The first kappa shape index (κ1) is 25.6. The zero-order valence-corrected chi connectivity index (χ0v) is 22.6. The van der Waals surface area contributed by atoms with Gasteiger partial charge in [-0.15, -0.1) is 0 Å². The molecule has 0 spiro atoms. The molecule has 8 heteroatoms. The van der Waals surface area contributed by atoms with Gasteiger partial charge in [0.25, 0.3) is 0 Å². The van der Waals surface area contributed by atoms with Crippen molar-refractivity contribution >= 4 is 17.3 Å². The molecule has 1 unspecified atom stereocenters. The van der Waals surface area contributed by atoms with Crippen LogP contribution in [0.25, 0.3) is 0 Å². The van der Waals surface area contributed by atoms with E-state index in [0.717, 1.165) is 104 Å². The molecule has 2 aromatic carbocycles. The minimum Gasteiger partial charge on any atom is -0.378 e. The van der Waals surface area contributed by atoms with Crippen LogP contribution in [-0.2, 0) is 22.5 Å². The monoisotopic (exact) mass is 518 g/mol. The fourth-order valence-electron chi connectivity index (χ4n) is 6.43. The van der Waals surface area contributed by atoms with Gasteiger partial charge in [-0.05, 0) is 35.7 Å². The number of morpholine rings is 1. The maximum atomic E-state index is 13.5. The number of piperazine rings is 2. The van der Waals surface area contributed by atoms with Crippen molar-refractivity contribution in [2.75, 3.05) is 102 Å². The van der Waals surface area contributed by atoms with Crippen LogP contribution in [0.5, 0.6) is 0 Å². The molecule has 6 rings (SSSR count). The molecule has 4 aliphatic heterocycles. The Morgan fingerprint density at radius 3 is 2.32 bits per heavy atom. The van der Waals surface area contributed by atoms with Gasteiger partial charge < -0.3 is 24.8 Å². The summed E-state index contributed by atoms with van der Waals surface area (Å²) in [7, 11) is 0. The second-order valence-electron chi connectivity index (χ2n) is 11.1. The molecule has 0 bridgehead atoms. The molecule has 1 atom stereocenters. The number of hydrogen-bond acceptors (Lipinski definition) is 7. The van der Waals surface area contributed by atoms with E-state index in [1.165, 1.54) is 16.8 Å². The predicted molar refractivity (Wildman–Crippen MR) is 152 cm³/mol.